The average Bonchev–Trinajstić information content (AvgIpc) is 2.80. The first-order valence-corrected chi connectivity index (χ1v) is 10.4. The number of hydrogen-bond acceptors (Lipinski definition) is 7. The molecule has 2 saturated heterocycles. The molecule has 3 rings (SSSR count). The molecule has 0 aromatic heterocycles. The lowest BCUT2D eigenvalue weighted by Gasteiger charge is -2.41. The Bertz CT molecular complexity index is 692. The Hall–Kier alpha value is -0.840. The van der Waals surface area contributed by atoms with Crippen LogP contribution in [0.15, 0.2) is 12.3 Å². The first-order chi connectivity index (χ1) is 12.1. The van der Waals surface area contributed by atoms with E-state index < -0.39 is 68.1 Å². The monoisotopic (exact) mass is 415 g/mol. The quantitative estimate of drug-likeness (QED) is 0.514. The Morgan fingerprint density at radius 3 is 2.69 bits per heavy atom. The number of allylic oxidation sites excluding steroid dienone is 1. The molecule has 3 heterocycles. The van der Waals surface area contributed by atoms with Gasteiger partial charge in [0.25, 0.3) is 6.43 Å². The molecule has 0 bridgehead atoms. The first kappa shape index (κ1) is 19.9. The molecule has 26 heavy (non-hydrogen) atoms. The Balaban J connectivity index is 1.90. The minimum absolute atomic E-state index is 0.423. The highest BCUT2D eigenvalue weighted by atomic mass is 32.5. The van der Waals surface area contributed by atoms with Crippen LogP contribution < -0.4 is 0 Å². The predicted octanol–water partition coefficient (Wildman–Crippen LogP) is 2.06. The summed E-state index contributed by atoms with van der Waals surface area (Å²) in [4.78, 5) is 24.0. The summed E-state index contributed by atoms with van der Waals surface area (Å²) in [5.41, 5.74) is -2.43. The molecule has 2 fully saturated rings. The molecule has 0 spiro atoms. The van der Waals surface area contributed by atoms with Gasteiger partial charge in [-0.1, -0.05) is 0 Å². The lowest BCUT2D eigenvalue weighted by Crippen LogP contribution is -2.55. The van der Waals surface area contributed by atoms with Crippen LogP contribution in [0.25, 0.3) is 0 Å². The molecular weight excluding hydrogens is 398 g/mol. The van der Waals surface area contributed by atoms with E-state index in [1.54, 1.807) is 13.8 Å². The molecule has 1 unspecified atom stereocenters. The van der Waals surface area contributed by atoms with Crippen molar-refractivity contribution in [1.82, 2.24) is 4.90 Å². The summed E-state index contributed by atoms with van der Waals surface area (Å²) in [6.45, 7) is -0.894. The van der Waals surface area contributed by atoms with Crippen molar-refractivity contribution in [3.05, 3.63) is 12.3 Å². The zero-order valence-corrected chi connectivity index (χ0v) is 15.6. The van der Waals surface area contributed by atoms with Gasteiger partial charge in [-0.3, -0.25) is 19.0 Å². The summed E-state index contributed by atoms with van der Waals surface area (Å²) in [5.74, 6) is -1.23. The molecule has 12 heteroatoms. The average molecular weight is 415 g/mol. The van der Waals surface area contributed by atoms with Gasteiger partial charge < -0.3 is 13.8 Å². The van der Waals surface area contributed by atoms with Crippen LogP contribution in [0.5, 0.6) is 0 Å². The van der Waals surface area contributed by atoms with Gasteiger partial charge in [-0.15, -0.1) is 0 Å². The zero-order valence-electron chi connectivity index (χ0n) is 13.8. The lowest BCUT2D eigenvalue weighted by atomic mass is 9.97. The summed E-state index contributed by atoms with van der Waals surface area (Å²) in [6.07, 6.45) is -7.60. The zero-order chi connectivity index (χ0) is 19.3. The maximum absolute atomic E-state index is 15.0. The van der Waals surface area contributed by atoms with Gasteiger partial charge in [-0.05, 0) is 31.7 Å². The number of amides is 1. The molecule has 0 aromatic rings. The Kier molecular flexibility index (Phi) is 5.33. The maximum atomic E-state index is 15.0. The second kappa shape index (κ2) is 6.96. The minimum Gasteiger partial charge on any atom is -0.337 e. The van der Waals surface area contributed by atoms with E-state index in [9.17, 15) is 18.4 Å². The normalized spacial score (nSPS) is 40.6. The summed E-state index contributed by atoms with van der Waals surface area (Å²) in [6, 6.07) is 0. The predicted molar refractivity (Wildman–Crippen MR) is 85.4 cm³/mol. The van der Waals surface area contributed by atoms with E-state index in [1.807, 2.05) is 0 Å². The SMILES string of the molecule is CC(C)OP1(=S)OC[C@@]2(C(F)F)O[C@@H](N3C=CC(=O)CC3=O)[C@@H](F)[C@@H]2O1. The summed E-state index contributed by atoms with van der Waals surface area (Å²) < 4.78 is 63.7. The molecule has 3 aliphatic heterocycles. The third-order valence-corrected chi connectivity index (χ3v) is 6.54. The highest BCUT2D eigenvalue weighted by Gasteiger charge is 2.67. The van der Waals surface area contributed by atoms with Crippen LogP contribution in [0.2, 0.25) is 0 Å². The fraction of sp³-hybridized carbons (Fsp3) is 0.714. The van der Waals surface area contributed by atoms with E-state index in [-0.39, 0.29) is 0 Å². The van der Waals surface area contributed by atoms with Crippen molar-refractivity contribution in [3.63, 3.8) is 0 Å². The largest absolute Gasteiger partial charge is 0.337 e. The molecule has 0 N–H and O–H groups in total. The van der Waals surface area contributed by atoms with Crippen molar-refractivity contribution in [2.45, 2.75) is 56.9 Å². The maximum Gasteiger partial charge on any atom is 0.328 e. The number of fused-ring (bicyclic) bond motifs is 1. The molecule has 146 valence electrons. The third kappa shape index (κ3) is 3.36. The molecule has 3 aliphatic rings. The van der Waals surface area contributed by atoms with Crippen LogP contribution in [-0.4, -0.2) is 59.8 Å². The number of ether oxygens (including phenoxy) is 1. The van der Waals surface area contributed by atoms with Crippen LogP contribution >= 0.6 is 6.72 Å². The lowest BCUT2D eigenvalue weighted by molar-refractivity contribution is -0.209. The van der Waals surface area contributed by atoms with E-state index in [2.05, 4.69) is 0 Å². The van der Waals surface area contributed by atoms with Gasteiger partial charge in [-0.2, -0.15) is 0 Å². The smallest absolute Gasteiger partial charge is 0.328 e. The third-order valence-electron chi connectivity index (χ3n) is 4.09. The van der Waals surface area contributed by atoms with Crippen LogP contribution in [0, 0.1) is 0 Å². The van der Waals surface area contributed by atoms with Crippen molar-refractivity contribution in [3.8, 4) is 0 Å². The van der Waals surface area contributed by atoms with Gasteiger partial charge in [0, 0.05) is 6.20 Å². The Morgan fingerprint density at radius 2 is 2.12 bits per heavy atom. The first-order valence-electron chi connectivity index (χ1n) is 7.81. The van der Waals surface area contributed by atoms with Gasteiger partial charge in [-0.25, -0.2) is 13.2 Å². The van der Waals surface area contributed by atoms with E-state index in [0.717, 1.165) is 17.2 Å². The number of nitrogens with zero attached hydrogens (tertiary/aromatic N) is 1. The molecule has 0 saturated carbocycles. The number of carbonyl (C=O) groups excluding carboxylic acids is 2. The molecule has 5 atom stereocenters. The van der Waals surface area contributed by atoms with E-state index in [0.29, 0.717) is 0 Å². The van der Waals surface area contributed by atoms with Crippen LogP contribution in [0.4, 0.5) is 13.2 Å². The molecule has 1 amide bonds. The topological polar surface area (TPSA) is 74.3 Å². The van der Waals surface area contributed by atoms with E-state index in [1.165, 1.54) is 0 Å². The number of carbonyl (C=O) groups is 2. The number of ketones is 1. The fourth-order valence-electron chi connectivity index (χ4n) is 2.92. The van der Waals surface area contributed by atoms with Crippen LogP contribution in [0.1, 0.15) is 20.3 Å². The second-order valence-corrected chi connectivity index (χ2v) is 9.29. The molecule has 0 aromatic carbocycles. The highest BCUT2D eigenvalue weighted by molar-refractivity contribution is 8.07. The Morgan fingerprint density at radius 1 is 1.42 bits per heavy atom. The van der Waals surface area contributed by atoms with Gasteiger partial charge in [0.15, 0.2) is 23.8 Å². The van der Waals surface area contributed by atoms with Crippen molar-refractivity contribution < 1.29 is 41.1 Å². The number of alkyl halides is 3. The van der Waals surface area contributed by atoms with Gasteiger partial charge in [0.1, 0.15) is 6.10 Å². The van der Waals surface area contributed by atoms with E-state index in [4.69, 9.17) is 30.1 Å². The minimum atomic E-state index is -3.45. The molecule has 7 nitrogen and oxygen atoms in total. The number of halogens is 3. The van der Waals surface area contributed by atoms with Gasteiger partial charge in [0.05, 0.1) is 19.1 Å². The summed E-state index contributed by atoms with van der Waals surface area (Å²) in [5, 5.41) is 0. The van der Waals surface area contributed by atoms with E-state index >= 15 is 4.39 Å². The Labute approximate surface area is 152 Å². The molecule has 0 aliphatic carbocycles. The molecular formula is C14H17F3NO6PS. The highest BCUT2D eigenvalue weighted by Crippen LogP contribution is 2.61. The molecule has 0 radical (unpaired) electrons. The number of rotatable bonds is 4. The van der Waals surface area contributed by atoms with Crippen molar-refractivity contribution in [1.29, 1.82) is 0 Å². The summed E-state index contributed by atoms with van der Waals surface area (Å²) >= 11 is 5.11. The fourth-order valence-corrected chi connectivity index (χ4v) is 5.50. The van der Waals surface area contributed by atoms with Crippen LogP contribution in [0.3, 0.4) is 0 Å². The van der Waals surface area contributed by atoms with Crippen LogP contribution in [-0.2, 0) is 39.7 Å². The second-order valence-electron chi connectivity index (χ2n) is 6.37. The van der Waals surface area contributed by atoms with Crippen molar-refractivity contribution in [2.75, 3.05) is 6.61 Å². The van der Waals surface area contributed by atoms with Crippen molar-refractivity contribution >= 4 is 30.2 Å². The van der Waals surface area contributed by atoms with Gasteiger partial charge in [0.2, 0.25) is 5.91 Å². The standard InChI is InChI=1S/C14H17F3NO6PS/c1-7(2)23-25(26)21-6-14(13(16)17)11(24-25)10(15)12(22-14)18-4-3-8(19)5-9(18)20/h3-4,7,10-13H,5-6H2,1-2H3/t10-,11-,12+,14+,25?/m0/s1. The number of hydrogen-bond donors (Lipinski definition) is 0. The van der Waals surface area contributed by atoms with Gasteiger partial charge >= 0.3 is 6.72 Å². The van der Waals surface area contributed by atoms with Crippen molar-refractivity contribution in [2.24, 2.45) is 0 Å². The summed E-state index contributed by atoms with van der Waals surface area (Å²) in [7, 11) is 0.